The van der Waals surface area contributed by atoms with E-state index in [2.05, 4.69) is 30.7 Å². The number of para-hydroxylation sites is 1. The van der Waals surface area contributed by atoms with Crippen LogP contribution in [0.4, 0.5) is 5.13 Å². The van der Waals surface area contributed by atoms with E-state index in [1.165, 1.54) is 27.9 Å². The van der Waals surface area contributed by atoms with Gasteiger partial charge < -0.3 is 0 Å². The Morgan fingerprint density at radius 1 is 1.09 bits per heavy atom. The van der Waals surface area contributed by atoms with Crippen molar-refractivity contribution in [2.24, 2.45) is 0 Å². The van der Waals surface area contributed by atoms with Crippen LogP contribution in [0, 0.1) is 6.92 Å². The minimum Gasteiger partial charge on any atom is -0.295 e. The highest BCUT2D eigenvalue weighted by atomic mass is 35.5. The van der Waals surface area contributed by atoms with Crippen LogP contribution >= 0.6 is 34.7 Å². The first kappa shape index (κ1) is 20.6. The molecule has 0 aliphatic rings. The second-order valence-corrected chi connectivity index (χ2v) is 9.36. The number of anilines is 1. The summed E-state index contributed by atoms with van der Waals surface area (Å²) in [6, 6.07) is 16.9. The fraction of sp³-hybridized carbons (Fsp3) is 0.0476. The lowest BCUT2D eigenvalue weighted by Crippen LogP contribution is -2.14. The van der Waals surface area contributed by atoms with E-state index in [0.29, 0.717) is 20.2 Å². The summed E-state index contributed by atoms with van der Waals surface area (Å²) in [6.45, 7) is 1.74. The van der Waals surface area contributed by atoms with Crippen molar-refractivity contribution in [2.45, 2.75) is 16.2 Å². The highest BCUT2D eigenvalue weighted by Crippen LogP contribution is 2.36. The van der Waals surface area contributed by atoms with Crippen molar-refractivity contribution in [2.75, 3.05) is 5.32 Å². The van der Waals surface area contributed by atoms with E-state index < -0.39 is 0 Å². The SMILES string of the molecule is Cc1nn(-c2ccccc2)nc1C(=O)Nc1nnc(Sc2ccnc3cc(Cl)ccc23)s1. The van der Waals surface area contributed by atoms with E-state index in [1.807, 2.05) is 54.6 Å². The van der Waals surface area contributed by atoms with Crippen LogP contribution in [0.2, 0.25) is 5.02 Å². The smallest absolute Gasteiger partial charge is 0.279 e. The van der Waals surface area contributed by atoms with Gasteiger partial charge in [-0.15, -0.1) is 15.3 Å². The van der Waals surface area contributed by atoms with Crippen LogP contribution in [0.25, 0.3) is 16.6 Å². The molecule has 0 bridgehead atoms. The van der Waals surface area contributed by atoms with Gasteiger partial charge in [0.05, 0.1) is 16.9 Å². The van der Waals surface area contributed by atoms with Gasteiger partial charge in [-0.2, -0.15) is 9.90 Å². The number of pyridine rings is 1. The lowest BCUT2D eigenvalue weighted by atomic mass is 10.2. The Balaban J connectivity index is 1.33. The van der Waals surface area contributed by atoms with Crippen molar-refractivity contribution in [1.29, 1.82) is 0 Å². The molecule has 0 radical (unpaired) electrons. The van der Waals surface area contributed by atoms with Gasteiger partial charge in [0.1, 0.15) is 0 Å². The lowest BCUT2D eigenvalue weighted by Gasteiger charge is -2.03. The first-order chi connectivity index (χ1) is 15.6. The number of benzene rings is 2. The summed E-state index contributed by atoms with van der Waals surface area (Å²) in [6.07, 6.45) is 1.73. The minimum absolute atomic E-state index is 0.232. The lowest BCUT2D eigenvalue weighted by molar-refractivity contribution is 0.102. The monoisotopic (exact) mass is 479 g/mol. The van der Waals surface area contributed by atoms with E-state index >= 15 is 0 Å². The zero-order valence-corrected chi connectivity index (χ0v) is 18.9. The largest absolute Gasteiger partial charge is 0.295 e. The van der Waals surface area contributed by atoms with Gasteiger partial charge in [0, 0.05) is 21.5 Å². The highest BCUT2D eigenvalue weighted by Gasteiger charge is 2.18. The number of aromatic nitrogens is 6. The number of carbonyl (C=O) groups excluding carboxylic acids is 1. The fourth-order valence-electron chi connectivity index (χ4n) is 3.00. The second kappa shape index (κ2) is 8.65. The molecule has 0 saturated carbocycles. The number of aryl methyl sites for hydroxylation is 1. The average molecular weight is 480 g/mol. The van der Waals surface area contributed by atoms with Gasteiger partial charge in [0.15, 0.2) is 10.0 Å². The zero-order chi connectivity index (χ0) is 22.1. The molecule has 8 nitrogen and oxygen atoms in total. The molecule has 11 heteroatoms. The average Bonchev–Trinajstić information content (AvgIpc) is 3.40. The Morgan fingerprint density at radius 2 is 1.94 bits per heavy atom. The van der Waals surface area contributed by atoms with Crippen molar-refractivity contribution in [3.05, 3.63) is 77.2 Å². The van der Waals surface area contributed by atoms with Gasteiger partial charge in [-0.1, -0.05) is 59.0 Å². The Labute approximate surface area is 195 Å². The van der Waals surface area contributed by atoms with Crippen LogP contribution < -0.4 is 5.32 Å². The minimum atomic E-state index is -0.388. The molecule has 0 atom stereocenters. The van der Waals surface area contributed by atoms with Crippen LogP contribution in [0.3, 0.4) is 0 Å². The maximum atomic E-state index is 12.7. The third-order valence-corrected chi connectivity index (χ3v) is 6.67. The van der Waals surface area contributed by atoms with Crippen LogP contribution in [-0.2, 0) is 0 Å². The Bertz CT molecular complexity index is 1430. The van der Waals surface area contributed by atoms with Gasteiger partial charge in [-0.25, -0.2) is 0 Å². The molecule has 1 amide bonds. The molecule has 5 rings (SSSR count). The van der Waals surface area contributed by atoms with Gasteiger partial charge in [-0.3, -0.25) is 15.1 Å². The van der Waals surface area contributed by atoms with E-state index in [1.54, 1.807) is 13.1 Å². The Morgan fingerprint density at radius 3 is 2.78 bits per heavy atom. The number of fused-ring (bicyclic) bond motifs is 1. The molecule has 5 aromatic rings. The molecule has 32 heavy (non-hydrogen) atoms. The molecule has 1 N–H and O–H groups in total. The van der Waals surface area contributed by atoms with E-state index in [4.69, 9.17) is 11.6 Å². The fourth-order valence-corrected chi connectivity index (χ4v) is 4.99. The predicted octanol–water partition coefficient (Wildman–Crippen LogP) is 5.03. The van der Waals surface area contributed by atoms with E-state index in [-0.39, 0.29) is 11.6 Å². The van der Waals surface area contributed by atoms with Crippen LogP contribution in [0.1, 0.15) is 16.2 Å². The molecule has 0 unspecified atom stereocenters. The van der Waals surface area contributed by atoms with Gasteiger partial charge in [0.2, 0.25) is 5.13 Å². The summed E-state index contributed by atoms with van der Waals surface area (Å²) in [5.41, 5.74) is 2.33. The molecular formula is C21H14ClN7OS2. The number of nitrogens with zero attached hydrogens (tertiary/aromatic N) is 6. The third kappa shape index (κ3) is 4.20. The zero-order valence-electron chi connectivity index (χ0n) is 16.6. The number of nitrogens with one attached hydrogen (secondary N) is 1. The number of hydrogen-bond donors (Lipinski definition) is 1. The summed E-state index contributed by atoms with van der Waals surface area (Å²) in [7, 11) is 0. The summed E-state index contributed by atoms with van der Waals surface area (Å²) >= 11 is 8.79. The molecule has 3 heterocycles. The van der Waals surface area contributed by atoms with Crippen LogP contribution in [0.5, 0.6) is 0 Å². The van der Waals surface area contributed by atoms with Crippen LogP contribution in [-0.4, -0.2) is 36.1 Å². The highest BCUT2D eigenvalue weighted by molar-refractivity contribution is 8.01. The molecule has 3 aromatic heterocycles. The van der Waals surface area contributed by atoms with Gasteiger partial charge in [0.25, 0.3) is 5.91 Å². The number of amides is 1. The van der Waals surface area contributed by atoms with Crippen molar-refractivity contribution < 1.29 is 4.79 Å². The summed E-state index contributed by atoms with van der Waals surface area (Å²) in [4.78, 5) is 19.5. The first-order valence-corrected chi connectivity index (χ1v) is 11.4. The van der Waals surface area contributed by atoms with Crippen molar-refractivity contribution >= 4 is 56.6 Å². The number of rotatable bonds is 5. The summed E-state index contributed by atoms with van der Waals surface area (Å²) < 4.78 is 0.687. The Kier molecular flexibility index (Phi) is 5.56. The molecule has 0 fully saturated rings. The van der Waals surface area contributed by atoms with Crippen molar-refractivity contribution in [1.82, 2.24) is 30.2 Å². The molecular weight excluding hydrogens is 466 g/mol. The quantitative estimate of drug-likeness (QED) is 0.353. The van der Waals surface area contributed by atoms with E-state index in [0.717, 1.165) is 21.5 Å². The molecule has 2 aromatic carbocycles. The molecule has 158 valence electrons. The van der Waals surface area contributed by atoms with Gasteiger partial charge >= 0.3 is 0 Å². The molecule has 0 saturated heterocycles. The topological polar surface area (TPSA) is 98.5 Å². The molecule has 0 spiro atoms. The second-order valence-electron chi connectivity index (χ2n) is 6.66. The predicted molar refractivity (Wildman–Crippen MR) is 125 cm³/mol. The summed E-state index contributed by atoms with van der Waals surface area (Å²) in [5, 5.41) is 21.7. The van der Waals surface area contributed by atoms with Gasteiger partial charge in [-0.05, 0) is 37.3 Å². The number of hydrogen-bond acceptors (Lipinski definition) is 8. The standard InChI is InChI=1S/C21H14ClN7OS2/c1-12-18(28-29(27-12)14-5-3-2-4-6-14)19(30)24-20-25-26-21(32-20)31-17-9-10-23-16-11-13(22)7-8-15(16)17/h2-11H,1H3,(H,24,25,30). The number of carbonyl (C=O) groups is 1. The Hall–Kier alpha value is -3.34. The molecule has 0 aliphatic carbocycles. The first-order valence-electron chi connectivity index (χ1n) is 9.43. The normalized spacial score (nSPS) is 11.1. The summed E-state index contributed by atoms with van der Waals surface area (Å²) in [5.74, 6) is -0.388. The maximum Gasteiger partial charge on any atom is 0.279 e. The van der Waals surface area contributed by atoms with Crippen LogP contribution in [0.15, 0.2) is 70.0 Å². The molecule has 0 aliphatic heterocycles. The maximum absolute atomic E-state index is 12.7. The number of halogens is 1. The van der Waals surface area contributed by atoms with E-state index in [9.17, 15) is 4.79 Å². The van der Waals surface area contributed by atoms with Crippen molar-refractivity contribution in [3.8, 4) is 5.69 Å². The van der Waals surface area contributed by atoms with Crippen molar-refractivity contribution in [3.63, 3.8) is 0 Å². The third-order valence-electron chi connectivity index (χ3n) is 4.47.